The van der Waals surface area contributed by atoms with Crippen molar-refractivity contribution in [1.29, 1.82) is 0 Å². The van der Waals surface area contributed by atoms with Crippen LogP contribution >= 0.6 is 0 Å². The van der Waals surface area contributed by atoms with Crippen LogP contribution in [0, 0.1) is 0 Å². The van der Waals surface area contributed by atoms with Crippen molar-refractivity contribution in [3.05, 3.63) is 85.1 Å². The molecule has 1 rings (SSSR count). The van der Waals surface area contributed by atoms with Crippen molar-refractivity contribution < 1.29 is 39.8 Å². The van der Waals surface area contributed by atoms with Gasteiger partial charge in [0.25, 0.3) is 0 Å². The van der Waals surface area contributed by atoms with Crippen molar-refractivity contribution in [3.63, 3.8) is 0 Å². The van der Waals surface area contributed by atoms with E-state index in [2.05, 4.69) is 104 Å². The van der Waals surface area contributed by atoms with Gasteiger partial charge in [-0.3, -0.25) is 4.79 Å². The minimum atomic E-state index is -1.56. The zero-order valence-electron chi connectivity index (χ0n) is 49.0. The van der Waals surface area contributed by atoms with Crippen LogP contribution in [0.4, 0.5) is 0 Å². The maximum Gasteiger partial charge on any atom is 0.220 e. The number of unbranched alkanes of at least 4 members (excludes halogenated alkanes) is 30. The van der Waals surface area contributed by atoms with Gasteiger partial charge >= 0.3 is 0 Å². The minimum absolute atomic E-state index is 0.146. The number of amides is 1. The molecule has 1 amide bonds. The van der Waals surface area contributed by atoms with E-state index in [1.54, 1.807) is 0 Å². The van der Waals surface area contributed by atoms with E-state index in [4.69, 9.17) is 9.47 Å². The van der Waals surface area contributed by atoms with E-state index in [1.165, 1.54) is 154 Å². The molecule has 440 valence electrons. The van der Waals surface area contributed by atoms with E-state index in [1.807, 2.05) is 0 Å². The number of aliphatic hydroxyl groups is 5. The van der Waals surface area contributed by atoms with Crippen molar-refractivity contribution in [2.45, 2.75) is 320 Å². The Morgan fingerprint density at radius 2 is 0.816 bits per heavy atom. The standard InChI is InChI=1S/C67H119NO8/c1-3-5-7-9-11-13-15-17-19-21-23-25-27-29-30-31-32-33-35-37-39-41-43-45-47-49-51-53-55-57-63(71)68-60(59-75-67-66(74)65(73)64(72)62(58-69)76-67)61(70)56-54-52-50-48-46-44-42-40-38-36-34-28-26-24-22-20-18-16-14-12-10-8-6-4-2/h5,7,11,13,17,19,23,25,29-30,32-33,37,39,60-62,64-67,69-70,72-74H,3-4,6,8-10,12,14-16,18,20-22,24,26-28,31,34-36,38,40-59H2,1-2H3,(H,68,71)/b7-5-,13-11-,19-17-,25-23-,30-29-,33-32-,39-37-. The first-order valence-corrected chi connectivity index (χ1v) is 31.8. The average molecular weight is 1070 g/mol. The number of carbonyl (C=O) groups excluding carboxylic acids is 1. The molecule has 0 radical (unpaired) electrons. The van der Waals surface area contributed by atoms with Gasteiger partial charge in [-0.15, -0.1) is 0 Å². The number of nitrogens with one attached hydrogen (secondary N) is 1. The highest BCUT2D eigenvalue weighted by atomic mass is 16.7. The Kier molecular flexibility index (Phi) is 52.3. The molecule has 1 saturated heterocycles. The molecule has 0 spiro atoms. The molecule has 7 unspecified atom stereocenters. The number of hydrogen-bond acceptors (Lipinski definition) is 8. The molecule has 7 atom stereocenters. The second-order valence-corrected chi connectivity index (χ2v) is 21.8. The van der Waals surface area contributed by atoms with Crippen LogP contribution in [0.2, 0.25) is 0 Å². The summed E-state index contributed by atoms with van der Waals surface area (Å²) in [6, 6.07) is -0.732. The van der Waals surface area contributed by atoms with Crippen LogP contribution in [0.1, 0.15) is 277 Å². The number of carbonyl (C=O) groups is 1. The highest BCUT2D eigenvalue weighted by Gasteiger charge is 2.44. The molecular weight excluding hydrogens is 947 g/mol. The predicted molar refractivity (Wildman–Crippen MR) is 322 cm³/mol. The summed E-state index contributed by atoms with van der Waals surface area (Å²) >= 11 is 0. The third kappa shape index (κ3) is 44.2. The second-order valence-electron chi connectivity index (χ2n) is 21.8. The van der Waals surface area contributed by atoms with Gasteiger partial charge in [0.1, 0.15) is 24.4 Å². The molecule has 0 saturated carbocycles. The Bertz CT molecular complexity index is 1470. The molecule has 9 nitrogen and oxygen atoms in total. The lowest BCUT2D eigenvalue weighted by molar-refractivity contribution is -0.302. The molecule has 0 bridgehead atoms. The summed E-state index contributed by atoms with van der Waals surface area (Å²) in [5.41, 5.74) is 0. The van der Waals surface area contributed by atoms with Crippen LogP contribution in [0.5, 0.6) is 0 Å². The third-order valence-electron chi connectivity index (χ3n) is 14.8. The van der Waals surface area contributed by atoms with Gasteiger partial charge in [-0.25, -0.2) is 0 Å². The molecule has 1 fully saturated rings. The Balaban J connectivity index is 2.20. The van der Waals surface area contributed by atoms with E-state index in [0.717, 1.165) is 96.3 Å². The Labute approximate surface area is 467 Å². The topological polar surface area (TPSA) is 149 Å². The summed E-state index contributed by atoms with van der Waals surface area (Å²) in [5, 5.41) is 54.8. The van der Waals surface area contributed by atoms with Crippen LogP contribution in [0.25, 0.3) is 0 Å². The van der Waals surface area contributed by atoms with Crippen molar-refractivity contribution in [1.82, 2.24) is 5.32 Å². The van der Waals surface area contributed by atoms with Gasteiger partial charge in [0, 0.05) is 6.42 Å². The van der Waals surface area contributed by atoms with Gasteiger partial charge < -0.3 is 40.3 Å². The van der Waals surface area contributed by atoms with Gasteiger partial charge in [0.05, 0.1) is 25.4 Å². The molecule has 0 aromatic rings. The molecule has 76 heavy (non-hydrogen) atoms. The van der Waals surface area contributed by atoms with Crippen molar-refractivity contribution in [2.24, 2.45) is 0 Å². The van der Waals surface area contributed by atoms with Gasteiger partial charge in [-0.05, 0) is 70.6 Å². The van der Waals surface area contributed by atoms with Crippen LogP contribution in [0.3, 0.4) is 0 Å². The minimum Gasteiger partial charge on any atom is -0.394 e. The Morgan fingerprint density at radius 3 is 1.21 bits per heavy atom. The molecule has 0 aromatic carbocycles. The lowest BCUT2D eigenvalue weighted by Gasteiger charge is -2.40. The number of ether oxygens (including phenoxy) is 2. The van der Waals surface area contributed by atoms with E-state index in [0.29, 0.717) is 12.8 Å². The summed E-state index contributed by atoms with van der Waals surface area (Å²) in [4.78, 5) is 13.1. The lowest BCUT2D eigenvalue weighted by Crippen LogP contribution is -2.60. The number of aliphatic hydroxyl groups excluding tert-OH is 5. The largest absolute Gasteiger partial charge is 0.394 e. The monoisotopic (exact) mass is 1070 g/mol. The average Bonchev–Trinajstić information content (AvgIpc) is 3.42. The fourth-order valence-corrected chi connectivity index (χ4v) is 9.79. The maximum absolute atomic E-state index is 13.1. The van der Waals surface area contributed by atoms with Crippen LogP contribution in [-0.4, -0.2) is 87.5 Å². The first-order chi connectivity index (χ1) is 37.3. The zero-order valence-corrected chi connectivity index (χ0v) is 49.0. The fourth-order valence-electron chi connectivity index (χ4n) is 9.79. The molecule has 1 aliphatic heterocycles. The van der Waals surface area contributed by atoms with E-state index in [-0.39, 0.29) is 12.5 Å². The van der Waals surface area contributed by atoms with E-state index < -0.39 is 49.5 Å². The summed E-state index contributed by atoms with van der Waals surface area (Å²) < 4.78 is 11.3. The summed E-state index contributed by atoms with van der Waals surface area (Å²) in [6.45, 7) is 3.74. The molecule has 0 aromatic heterocycles. The normalized spacial score (nSPS) is 19.4. The lowest BCUT2D eigenvalue weighted by atomic mass is 9.99. The second kappa shape index (κ2) is 55.7. The number of hydrogen-bond donors (Lipinski definition) is 6. The summed E-state index contributed by atoms with van der Waals surface area (Å²) in [5.74, 6) is -0.156. The fraction of sp³-hybridized carbons (Fsp3) is 0.776. The molecule has 0 aliphatic carbocycles. The van der Waals surface area contributed by atoms with Crippen LogP contribution in [-0.2, 0) is 14.3 Å². The zero-order chi connectivity index (χ0) is 55.0. The van der Waals surface area contributed by atoms with Crippen molar-refractivity contribution in [2.75, 3.05) is 13.2 Å². The van der Waals surface area contributed by atoms with Crippen LogP contribution < -0.4 is 5.32 Å². The molecule has 9 heteroatoms. The van der Waals surface area contributed by atoms with Gasteiger partial charge in [-0.1, -0.05) is 285 Å². The molecular formula is C67H119NO8. The first kappa shape index (κ1) is 71.4. The SMILES string of the molecule is CC/C=C\C/C=C\C/C=C\C/C=C\C/C=C\C/C=C\C/C=C\CCCCCCCCCC(=O)NC(COC1OC(CO)C(O)C(O)C1O)C(O)CCCCCCCCCCCCCCCCCCCCCCCCCC. The van der Waals surface area contributed by atoms with Crippen LogP contribution in [0.15, 0.2) is 85.1 Å². The molecule has 1 heterocycles. The van der Waals surface area contributed by atoms with E-state index >= 15 is 0 Å². The summed E-state index contributed by atoms with van der Waals surface area (Å²) in [7, 11) is 0. The highest BCUT2D eigenvalue weighted by Crippen LogP contribution is 2.23. The predicted octanol–water partition coefficient (Wildman–Crippen LogP) is 16.6. The van der Waals surface area contributed by atoms with E-state index in [9.17, 15) is 30.3 Å². The number of allylic oxidation sites excluding steroid dienone is 14. The van der Waals surface area contributed by atoms with Gasteiger partial charge in [0.2, 0.25) is 5.91 Å². The third-order valence-corrected chi connectivity index (χ3v) is 14.8. The Hall–Kier alpha value is -2.63. The maximum atomic E-state index is 13.1. The van der Waals surface area contributed by atoms with Gasteiger partial charge in [-0.2, -0.15) is 0 Å². The van der Waals surface area contributed by atoms with Crippen molar-refractivity contribution in [3.8, 4) is 0 Å². The smallest absolute Gasteiger partial charge is 0.220 e. The highest BCUT2D eigenvalue weighted by molar-refractivity contribution is 5.76. The molecule has 6 N–H and O–H groups in total. The van der Waals surface area contributed by atoms with Gasteiger partial charge in [0.15, 0.2) is 6.29 Å². The number of rotatable bonds is 54. The summed E-state index contributed by atoms with van der Waals surface area (Å²) in [6.07, 6.45) is 71.9. The Morgan fingerprint density at radius 1 is 0.461 bits per heavy atom. The van der Waals surface area contributed by atoms with Crippen molar-refractivity contribution >= 4 is 5.91 Å². The quantitative estimate of drug-likeness (QED) is 0.0261. The molecule has 1 aliphatic rings. The first-order valence-electron chi connectivity index (χ1n) is 31.8.